The van der Waals surface area contributed by atoms with Crippen molar-refractivity contribution >= 4 is 11.6 Å². The molecule has 0 unspecified atom stereocenters. The van der Waals surface area contributed by atoms with Gasteiger partial charge < -0.3 is 4.74 Å². The molecule has 0 amide bonds. The predicted molar refractivity (Wildman–Crippen MR) is 54.9 cm³/mol. The molecule has 1 aliphatic rings. The van der Waals surface area contributed by atoms with Gasteiger partial charge in [-0.1, -0.05) is 11.6 Å². The average molecular weight is 249 g/mol. The van der Waals surface area contributed by atoms with Crippen LogP contribution in [0.2, 0.25) is 5.15 Å². The molecule has 0 bridgehead atoms. The maximum absolute atomic E-state index is 12.7. The molecule has 0 aliphatic heterocycles. The van der Waals surface area contributed by atoms with Crippen LogP contribution in [0, 0.1) is 0 Å². The van der Waals surface area contributed by atoms with Gasteiger partial charge in [0.25, 0.3) is 6.43 Å². The number of rotatable bonds is 3. The Balaban J connectivity index is 2.21. The van der Waals surface area contributed by atoms with Crippen LogP contribution in [0.25, 0.3) is 0 Å². The number of hydrogen-bond acceptors (Lipinski definition) is 3. The second kappa shape index (κ2) is 4.91. The summed E-state index contributed by atoms with van der Waals surface area (Å²) in [6.45, 7) is 0. The van der Waals surface area contributed by atoms with Crippen LogP contribution in [0.15, 0.2) is 6.33 Å². The molecule has 0 spiro atoms. The van der Waals surface area contributed by atoms with E-state index in [0.717, 1.165) is 32.0 Å². The summed E-state index contributed by atoms with van der Waals surface area (Å²) in [6, 6.07) is 0. The van der Waals surface area contributed by atoms with E-state index in [0.29, 0.717) is 0 Å². The maximum atomic E-state index is 12.7. The lowest BCUT2D eigenvalue weighted by atomic mass is 10.3. The molecule has 1 aromatic rings. The highest BCUT2D eigenvalue weighted by molar-refractivity contribution is 6.30. The largest absolute Gasteiger partial charge is 0.474 e. The molecule has 0 atom stereocenters. The monoisotopic (exact) mass is 248 g/mol. The lowest BCUT2D eigenvalue weighted by Gasteiger charge is -2.15. The van der Waals surface area contributed by atoms with Gasteiger partial charge in [-0.25, -0.2) is 18.7 Å². The summed E-state index contributed by atoms with van der Waals surface area (Å²) >= 11 is 5.60. The van der Waals surface area contributed by atoms with Crippen LogP contribution < -0.4 is 4.74 Å². The molecule has 88 valence electrons. The number of alkyl halides is 2. The first-order valence-electron chi connectivity index (χ1n) is 5.13. The van der Waals surface area contributed by atoms with Crippen molar-refractivity contribution < 1.29 is 13.5 Å². The molecule has 0 radical (unpaired) electrons. The van der Waals surface area contributed by atoms with Gasteiger partial charge >= 0.3 is 0 Å². The van der Waals surface area contributed by atoms with Crippen LogP contribution in [0.5, 0.6) is 5.88 Å². The zero-order valence-corrected chi connectivity index (χ0v) is 9.25. The van der Waals surface area contributed by atoms with Crippen molar-refractivity contribution in [3.8, 4) is 5.88 Å². The number of hydrogen-bond donors (Lipinski definition) is 0. The quantitative estimate of drug-likeness (QED) is 0.769. The zero-order valence-electron chi connectivity index (χ0n) is 8.50. The predicted octanol–water partition coefficient (Wildman–Crippen LogP) is 3.39. The highest BCUT2D eigenvalue weighted by Gasteiger charge is 2.24. The van der Waals surface area contributed by atoms with E-state index < -0.39 is 12.0 Å². The molecule has 0 aromatic carbocycles. The van der Waals surface area contributed by atoms with Gasteiger partial charge in [-0.15, -0.1) is 0 Å². The molecular formula is C10H11ClF2N2O. The number of ether oxygens (including phenoxy) is 1. The van der Waals surface area contributed by atoms with Crippen molar-refractivity contribution in [1.29, 1.82) is 0 Å². The summed E-state index contributed by atoms with van der Waals surface area (Å²) in [6.07, 6.45) is 2.28. The summed E-state index contributed by atoms with van der Waals surface area (Å²) in [5.41, 5.74) is -0.406. The fourth-order valence-corrected chi connectivity index (χ4v) is 2.01. The molecule has 6 heteroatoms. The van der Waals surface area contributed by atoms with Crippen LogP contribution in [0.1, 0.15) is 37.7 Å². The van der Waals surface area contributed by atoms with Gasteiger partial charge in [0.1, 0.15) is 23.1 Å². The second-order valence-electron chi connectivity index (χ2n) is 3.71. The first-order chi connectivity index (χ1) is 7.68. The van der Waals surface area contributed by atoms with Gasteiger partial charge in [0.2, 0.25) is 5.88 Å². The Morgan fingerprint density at radius 2 is 2.00 bits per heavy atom. The Hall–Kier alpha value is -0.970. The third-order valence-corrected chi connectivity index (χ3v) is 2.90. The molecular weight excluding hydrogens is 238 g/mol. The molecule has 1 aromatic heterocycles. The fraction of sp³-hybridized carbons (Fsp3) is 0.600. The van der Waals surface area contributed by atoms with E-state index in [1.165, 1.54) is 0 Å². The van der Waals surface area contributed by atoms with Crippen LogP contribution in [-0.4, -0.2) is 16.1 Å². The van der Waals surface area contributed by atoms with E-state index in [9.17, 15) is 8.78 Å². The molecule has 1 saturated carbocycles. The van der Waals surface area contributed by atoms with Gasteiger partial charge in [0, 0.05) is 0 Å². The number of aromatic nitrogens is 2. The lowest BCUT2D eigenvalue weighted by molar-refractivity contribution is 0.134. The van der Waals surface area contributed by atoms with Crippen LogP contribution in [-0.2, 0) is 0 Å². The van der Waals surface area contributed by atoms with Crippen molar-refractivity contribution in [2.75, 3.05) is 0 Å². The van der Waals surface area contributed by atoms with Crippen LogP contribution >= 0.6 is 11.6 Å². The van der Waals surface area contributed by atoms with Gasteiger partial charge in [-0.3, -0.25) is 0 Å². The number of halogens is 3. The first-order valence-corrected chi connectivity index (χ1v) is 5.51. The Morgan fingerprint density at radius 1 is 1.31 bits per heavy atom. The van der Waals surface area contributed by atoms with Crippen LogP contribution in [0.4, 0.5) is 8.78 Å². The summed E-state index contributed by atoms with van der Waals surface area (Å²) in [7, 11) is 0. The van der Waals surface area contributed by atoms with Crippen molar-refractivity contribution in [2.24, 2.45) is 0 Å². The minimum Gasteiger partial charge on any atom is -0.474 e. The lowest BCUT2D eigenvalue weighted by Crippen LogP contribution is -2.14. The average Bonchev–Trinajstić information content (AvgIpc) is 2.70. The minimum absolute atomic E-state index is 0.0246. The zero-order chi connectivity index (χ0) is 11.5. The standard InChI is InChI=1S/C10H11ClF2N2O/c11-8-7(9(12)13)10(15-5-14-8)16-6-3-1-2-4-6/h5-6,9H,1-4H2. The first kappa shape index (κ1) is 11.5. The number of nitrogens with zero attached hydrogens (tertiary/aromatic N) is 2. The summed E-state index contributed by atoms with van der Waals surface area (Å²) in [5.74, 6) is -0.0816. The van der Waals surface area contributed by atoms with E-state index in [1.807, 2.05) is 0 Å². The minimum atomic E-state index is -2.72. The molecule has 1 heterocycles. The van der Waals surface area contributed by atoms with E-state index in [-0.39, 0.29) is 17.1 Å². The van der Waals surface area contributed by atoms with E-state index >= 15 is 0 Å². The second-order valence-corrected chi connectivity index (χ2v) is 4.07. The van der Waals surface area contributed by atoms with E-state index in [4.69, 9.17) is 16.3 Å². The van der Waals surface area contributed by atoms with Gasteiger partial charge in [-0.05, 0) is 25.7 Å². The third-order valence-electron chi connectivity index (χ3n) is 2.60. The fourth-order valence-electron chi connectivity index (χ4n) is 1.80. The molecule has 3 nitrogen and oxygen atoms in total. The topological polar surface area (TPSA) is 35.0 Å². The van der Waals surface area contributed by atoms with Gasteiger partial charge in [0.15, 0.2) is 0 Å². The SMILES string of the molecule is FC(F)c1c(Cl)ncnc1OC1CCCC1. The van der Waals surface area contributed by atoms with Gasteiger partial charge in [-0.2, -0.15) is 0 Å². The molecule has 1 fully saturated rings. The van der Waals surface area contributed by atoms with Crippen molar-refractivity contribution in [2.45, 2.75) is 38.2 Å². The molecule has 16 heavy (non-hydrogen) atoms. The molecule has 0 N–H and O–H groups in total. The van der Waals surface area contributed by atoms with Crippen molar-refractivity contribution in [3.63, 3.8) is 0 Å². The van der Waals surface area contributed by atoms with Crippen molar-refractivity contribution in [1.82, 2.24) is 9.97 Å². The highest BCUT2D eigenvalue weighted by Crippen LogP contribution is 2.34. The Morgan fingerprint density at radius 3 is 2.62 bits per heavy atom. The van der Waals surface area contributed by atoms with E-state index in [1.54, 1.807) is 0 Å². The third kappa shape index (κ3) is 2.40. The summed E-state index contributed by atoms with van der Waals surface area (Å²) < 4.78 is 30.9. The molecule has 1 aliphatic carbocycles. The normalized spacial score (nSPS) is 17.0. The Kier molecular flexibility index (Phi) is 3.53. The molecule has 2 rings (SSSR count). The highest BCUT2D eigenvalue weighted by atomic mass is 35.5. The molecule has 0 saturated heterocycles. The Labute approximate surface area is 96.8 Å². The van der Waals surface area contributed by atoms with E-state index in [2.05, 4.69) is 9.97 Å². The Bertz CT molecular complexity index is 370. The maximum Gasteiger partial charge on any atom is 0.272 e. The summed E-state index contributed by atoms with van der Waals surface area (Å²) in [4.78, 5) is 7.26. The van der Waals surface area contributed by atoms with Crippen LogP contribution in [0.3, 0.4) is 0 Å². The summed E-state index contributed by atoms with van der Waals surface area (Å²) in [5, 5.41) is -0.238. The van der Waals surface area contributed by atoms with Gasteiger partial charge in [0.05, 0.1) is 0 Å². The smallest absolute Gasteiger partial charge is 0.272 e. The van der Waals surface area contributed by atoms with Crippen molar-refractivity contribution in [3.05, 3.63) is 17.0 Å².